The van der Waals surface area contributed by atoms with Gasteiger partial charge in [-0.25, -0.2) is 4.39 Å². The van der Waals surface area contributed by atoms with Crippen LogP contribution in [0.3, 0.4) is 0 Å². The number of aliphatic hydroxyl groups excluding tert-OH is 2. The fraction of sp³-hybridized carbons (Fsp3) is 1.00. The molecule has 0 heterocycles. The zero-order valence-electron chi connectivity index (χ0n) is 5.55. The highest BCUT2D eigenvalue weighted by Gasteiger charge is 2.14. The molecule has 9 heavy (non-hydrogen) atoms. The molecule has 0 aliphatic carbocycles. The van der Waals surface area contributed by atoms with Crippen LogP contribution in [0.4, 0.5) is 4.39 Å². The van der Waals surface area contributed by atoms with Crippen LogP contribution in [0.15, 0.2) is 0 Å². The zero-order chi connectivity index (χ0) is 7.28. The molecule has 56 valence electrons. The summed E-state index contributed by atoms with van der Waals surface area (Å²) >= 11 is 0. The molecule has 2 atom stereocenters. The molecule has 0 aliphatic rings. The molecule has 0 saturated carbocycles. The summed E-state index contributed by atoms with van der Waals surface area (Å²) in [5, 5.41) is 16.9. The molecule has 0 aromatic heterocycles. The Bertz CT molecular complexity index is 68.1. The van der Waals surface area contributed by atoms with E-state index in [-0.39, 0.29) is 0 Å². The van der Waals surface area contributed by atoms with Gasteiger partial charge in [0.1, 0.15) is 12.3 Å². The van der Waals surface area contributed by atoms with Gasteiger partial charge in [0.15, 0.2) is 0 Å². The smallest absolute Gasteiger partial charge is 0.128 e. The second-order valence-corrected chi connectivity index (χ2v) is 2.05. The maximum atomic E-state index is 12.4. The average Bonchev–Trinajstić information content (AvgIpc) is 1.87. The van der Waals surface area contributed by atoms with Crippen molar-refractivity contribution in [1.29, 1.82) is 0 Å². The molecule has 2 unspecified atom stereocenters. The SMILES string of the molecule is CCCC(F)C(O)CO. The van der Waals surface area contributed by atoms with Crippen molar-refractivity contribution in [3.63, 3.8) is 0 Å². The second kappa shape index (κ2) is 4.70. The molecule has 2 N–H and O–H groups in total. The molecule has 3 heteroatoms. The molecule has 0 fully saturated rings. The van der Waals surface area contributed by atoms with Crippen LogP contribution >= 0.6 is 0 Å². The van der Waals surface area contributed by atoms with Crippen molar-refractivity contribution in [2.24, 2.45) is 0 Å². The normalized spacial score (nSPS) is 17.3. The molecule has 0 aromatic carbocycles. The standard InChI is InChI=1S/C6H13FO2/c1-2-3-5(7)6(9)4-8/h5-6,8-9H,2-4H2,1H3. The van der Waals surface area contributed by atoms with Crippen molar-refractivity contribution in [2.45, 2.75) is 32.0 Å². The van der Waals surface area contributed by atoms with Crippen LogP contribution in [0.2, 0.25) is 0 Å². The van der Waals surface area contributed by atoms with Gasteiger partial charge in [0, 0.05) is 0 Å². The van der Waals surface area contributed by atoms with Gasteiger partial charge in [-0.3, -0.25) is 0 Å². The number of alkyl halides is 1. The summed E-state index contributed by atoms with van der Waals surface area (Å²) in [6.45, 7) is 1.35. The van der Waals surface area contributed by atoms with Gasteiger partial charge in [0.05, 0.1) is 6.61 Å². The van der Waals surface area contributed by atoms with E-state index >= 15 is 0 Å². The van der Waals surface area contributed by atoms with Crippen LogP contribution in [0.1, 0.15) is 19.8 Å². The van der Waals surface area contributed by atoms with Crippen molar-refractivity contribution in [1.82, 2.24) is 0 Å². The number of halogens is 1. The Hall–Kier alpha value is -0.150. The Kier molecular flexibility index (Phi) is 4.62. The Balaban J connectivity index is 3.32. The minimum Gasteiger partial charge on any atom is -0.394 e. The number of aliphatic hydroxyl groups is 2. The van der Waals surface area contributed by atoms with E-state index in [0.717, 1.165) is 0 Å². The Labute approximate surface area is 54.3 Å². The van der Waals surface area contributed by atoms with Gasteiger partial charge >= 0.3 is 0 Å². The van der Waals surface area contributed by atoms with E-state index in [1.807, 2.05) is 6.92 Å². The van der Waals surface area contributed by atoms with Crippen LogP contribution < -0.4 is 0 Å². The minimum absolute atomic E-state index is 0.321. The van der Waals surface area contributed by atoms with Crippen molar-refractivity contribution in [3.05, 3.63) is 0 Å². The first-order chi connectivity index (χ1) is 4.22. The molecule has 0 aromatic rings. The quantitative estimate of drug-likeness (QED) is 0.590. The lowest BCUT2D eigenvalue weighted by Crippen LogP contribution is -2.25. The Morgan fingerprint density at radius 1 is 1.56 bits per heavy atom. The molecule has 0 rings (SSSR count). The van der Waals surface area contributed by atoms with Crippen molar-refractivity contribution < 1.29 is 14.6 Å². The van der Waals surface area contributed by atoms with Gasteiger partial charge < -0.3 is 10.2 Å². The molecule has 0 radical (unpaired) electrons. The summed E-state index contributed by atoms with van der Waals surface area (Å²) in [5.74, 6) is 0. The monoisotopic (exact) mass is 136 g/mol. The lowest BCUT2D eigenvalue weighted by atomic mass is 10.1. The lowest BCUT2D eigenvalue weighted by molar-refractivity contribution is 0.0250. The summed E-state index contributed by atoms with van der Waals surface area (Å²) < 4.78 is 12.4. The summed E-state index contributed by atoms with van der Waals surface area (Å²) in [7, 11) is 0. The van der Waals surface area contributed by atoms with Gasteiger partial charge in [0.25, 0.3) is 0 Å². The van der Waals surface area contributed by atoms with E-state index in [1.165, 1.54) is 0 Å². The molecule has 0 spiro atoms. The Morgan fingerprint density at radius 3 is 2.44 bits per heavy atom. The third-order valence-corrected chi connectivity index (χ3v) is 1.17. The highest BCUT2D eigenvalue weighted by Crippen LogP contribution is 2.05. The molecule has 0 aliphatic heterocycles. The number of hydrogen-bond donors (Lipinski definition) is 2. The Morgan fingerprint density at radius 2 is 2.11 bits per heavy atom. The average molecular weight is 136 g/mol. The van der Waals surface area contributed by atoms with E-state index < -0.39 is 18.9 Å². The minimum atomic E-state index is -1.26. The first kappa shape index (κ1) is 8.85. The molecular formula is C6H13FO2. The topological polar surface area (TPSA) is 40.5 Å². The van der Waals surface area contributed by atoms with E-state index in [1.54, 1.807) is 0 Å². The van der Waals surface area contributed by atoms with Gasteiger partial charge in [0.2, 0.25) is 0 Å². The number of hydrogen-bond acceptors (Lipinski definition) is 2. The van der Waals surface area contributed by atoms with Crippen molar-refractivity contribution in [2.75, 3.05) is 6.61 Å². The largest absolute Gasteiger partial charge is 0.394 e. The van der Waals surface area contributed by atoms with Crippen molar-refractivity contribution in [3.8, 4) is 0 Å². The maximum absolute atomic E-state index is 12.4. The maximum Gasteiger partial charge on any atom is 0.128 e. The molecular weight excluding hydrogens is 123 g/mol. The fourth-order valence-electron chi connectivity index (χ4n) is 0.583. The van der Waals surface area contributed by atoms with Crippen LogP contribution in [0.25, 0.3) is 0 Å². The van der Waals surface area contributed by atoms with Gasteiger partial charge in [-0.2, -0.15) is 0 Å². The first-order valence-electron chi connectivity index (χ1n) is 3.15. The van der Waals surface area contributed by atoms with Crippen LogP contribution in [-0.2, 0) is 0 Å². The van der Waals surface area contributed by atoms with E-state index in [2.05, 4.69) is 0 Å². The van der Waals surface area contributed by atoms with Gasteiger partial charge in [-0.1, -0.05) is 13.3 Å². The summed E-state index contributed by atoms with van der Waals surface area (Å²) in [5.41, 5.74) is 0. The molecule has 0 saturated heterocycles. The molecule has 0 bridgehead atoms. The predicted molar refractivity (Wildman–Crippen MR) is 32.9 cm³/mol. The summed E-state index contributed by atoms with van der Waals surface area (Å²) in [6.07, 6.45) is -1.44. The van der Waals surface area contributed by atoms with E-state index in [0.29, 0.717) is 12.8 Å². The summed E-state index contributed by atoms with van der Waals surface area (Å²) in [4.78, 5) is 0. The van der Waals surface area contributed by atoms with Crippen LogP contribution in [0, 0.1) is 0 Å². The third-order valence-electron chi connectivity index (χ3n) is 1.17. The van der Waals surface area contributed by atoms with Gasteiger partial charge in [-0.15, -0.1) is 0 Å². The van der Waals surface area contributed by atoms with Crippen LogP contribution in [0.5, 0.6) is 0 Å². The highest BCUT2D eigenvalue weighted by atomic mass is 19.1. The molecule has 0 amide bonds. The van der Waals surface area contributed by atoms with Crippen LogP contribution in [-0.4, -0.2) is 29.1 Å². The third kappa shape index (κ3) is 3.43. The fourth-order valence-corrected chi connectivity index (χ4v) is 0.583. The van der Waals surface area contributed by atoms with Gasteiger partial charge in [-0.05, 0) is 6.42 Å². The molecule has 2 nitrogen and oxygen atoms in total. The highest BCUT2D eigenvalue weighted by molar-refractivity contribution is 4.64. The number of rotatable bonds is 4. The first-order valence-corrected chi connectivity index (χ1v) is 3.15. The summed E-state index contributed by atoms with van der Waals surface area (Å²) in [6, 6.07) is 0. The lowest BCUT2D eigenvalue weighted by Gasteiger charge is -2.10. The van der Waals surface area contributed by atoms with Crippen molar-refractivity contribution >= 4 is 0 Å². The second-order valence-electron chi connectivity index (χ2n) is 2.05. The van der Waals surface area contributed by atoms with E-state index in [9.17, 15) is 4.39 Å². The van der Waals surface area contributed by atoms with E-state index in [4.69, 9.17) is 10.2 Å². The predicted octanol–water partition coefficient (Wildman–Crippen LogP) is 0.478. The zero-order valence-corrected chi connectivity index (χ0v) is 5.55.